The van der Waals surface area contributed by atoms with Gasteiger partial charge in [0.05, 0.1) is 0 Å². The summed E-state index contributed by atoms with van der Waals surface area (Å²) in [6.07, 6.45) is 4.24. The van der Waals surface area contributed by atoms with Crippen LogP contribution in [0.15, 0.2) is 0 Å². The number of amides is 2. The van der Waals surface area contributed by atoms with Crippen molar-refractivity contribution < 1.29 is 14.7 Å². The Hall–Kier alpha value is -1.26. The lowest BCUT2D eigenvalue weighted by molar-refractivity contribution is -0.137. The number of carboxylic acids is 1. The number of nitrogens with one attached hydrogen (secondary N) is 1. The van der Waals surface area contributed by atoms with Gasteiger partial charge in [0.1, 0.15) is 6.54 Å². The molecule has 5 heteroatoms. The lowest BCUT2D eigenvalue weighted by Gasteiger charge is -2.20. The minimum absolute atomic E-state index is 0.153. The molecule has 0 aromatic heterocycles. The van der Waals surface area contributed by atoms with Crippen LogP contribution >= 0.6 is 0 Å². The van der Waals surface area contributed by atoms with E-state index in [4.69, 9.17) is 5.11 Å². The molecule has 0 atom stereocenters. The minimum atomic E-state index is -0.941. The number of aliphatic carboxylic acids is 1. The maximum Gasteiger partial charge on any atom is 0.323 e. The fraction of sp³-hybridized carbons (Fsp3) is 0.800. The molecule has 5 nitrogen and oxygen atoms in total. The van der Waals surface area contributed by atoms with E-state index in [1.165, 1.54) is 17.7 Å². The van der Waals surface area contributed by atoms with Gasteiger partial charge in [0, 0.05) is 12.6 Å². The molecule has 0 aliphatic heterocycles. The highest BCUT2D eigenvalue weighted by atomic mass is 16.4. The third kappa shape index (κ3) is 3.11. The summed E-state index contributed by atoms with van der Waals surface area (Å²) in [6, 6.07) is -0.0629. The van der Waals surface area contributed by atoms with E-state index in [1.54, 1.807) is 0 Å². The zero-order valence-electron chi connectivity index (χ0n) is 8.61. The van der Waals surface area contributed by atoms with Crippen LogP contribution in [-0.4, -0.2) is 41.1 Å². The fourth-order valence-corrected chi connectivity index (χ4v) is 1.55. The van der Waals surface area contributed by atoms with E-state index in [0.717, 1.165) is 12.8 Å². The van der Waals surface area contributed by atoms with Crippen molar-refractivity contribution in [3.8, 4) is 0 Å². The van der Waals surface area contributed by atoms with Gasteiger partial charge in [0.25, 0.3) is 0 Å². The molecule has 0 bridgehead atoms. The molecule has 2 aliphatic carbocycles. The van der Waals surface area contributed by atoms with Crippen molar-refractivity contribution in [1.82, 2.24) is 10.2 Å². The first-order valence-corrected chi connectivity index (χ1v) is 5.43. The van der Waals surface area contributed by atoms with E-state index in [9.17, 15) is 9.59 Å². The standard InChI is InChI=1S/C10H16N2O3/c13-9(14)6-12(8-3-4-8)10(15)11-5-7-1-2-7/h7-8H,1-6H2,(H,11,15)(H,13,14). The number of carboxylic acid groups (broad SMARTS) is 1. The number of urea groups is 1. The van der Waals surface area contributed by atoms with Crippen LogP contribution in [0.4, 0.5) is 4.79 Å². The summed E-state index contributed by atoms with van der Waals surface area (Å²) in [5, 5.41) is 11.5. The molecule has 0 aromatic carbocycles. The summed E-state index contributed by atoms with van der Waals surface area (Å²) in [6.45, 7) is 0.517. The van der Waals surface area contributed by atoms with E-state index < -0.39 is 5.97 Å². The highest BCUT2D eigenvalue weighted by molar-refractivity contribution is 5.80. The number of nitrogens with zero attached hydrogens (tertiary/aromatic N) is 1. The van der Waals surface area contributed by atoms with Crippen molar-refractivity contribution in [1.29, 1.82) is 0 Å². The molecule has 0 saturated heterocycles. The van der Waals surface area contributed by atoms with E-state index in [2.05, 4.69) is 5.32 Å². The first-order valence-electron chi connectivity index (χ1n) is 5.43. The summed E-state index contributed by atoms with van der Waals surface area (Å²) in [4.78, 5) is 23.7. The Morgan fingerprint density at radius 3 is 2.40 bits per heavy atom. The highest BCUT2D eigenvalue weighted by Crippen LogP contribution is 2.29. The number of carbonyl (C=O) groups is 2. The zero-order chi connectivity index (χ0) is 10.8. The molecule has 15 heavy (non-hydrogen) atoms. The van der Waals surface area contributed by atoms with Gasteiger partial charge in [-0.25, -0.2) is 4.79 Å². The van der Waals surface area contributed by atoms with Gasteiger partial charge in [0.15, 0.2) is 0 Å². The Labute approximate surface area is 88.4 Å². The van der Waals surface area contributed by atoms with Crippen LogP contribution in [0.5, 0.6) is 0 Å². The van der Waals surface area contributed by atoms with Gasteiger partial charge < -0.3 is 15.3 Å². The van der Waals surface area contributed by atoms with Crippen molar-refractivity contribution in [2.75, 3.05) is 13.1 Å². The van der Waals surface area contributed by atoms with Crippen molar-refractivity contribution in [3.63, 3.8) is 0 Å². The second-order valence-corrected chi connectivity index (χ2v) is 4.38. The van der Waals surface area contributed by atoms with Crippen LogP contribution in [0.25, 0.3) is 0 Å². The topological polar surface area (TPSA) is 69.6 Å². The van der Waals surface area contributed by atoms with E-state index >= 15 is 0 Å². The molecule has 84 valence electrons. The predicted molar refractivity (Wildman–Crippen MR) is 53.5 cm³/mol. The summed E-state index contributed by atoms with van der Waals surface area (Å²) in [5.74, 6) is -0.316. The van der Waals surface area contributed by atoms with Gasteiger partial charge in [-0.05, 0) is 31.6 Å². The third-order valence-corrected chi connectivity index (χ3v) is 2.79. The van der Waals surface area contributed by atoms with Gasteiger partial charge in [-0.2, -0.15) is 0 Å². The molecule has 0 aromatic rings. The van der Waals surface area contributed by atoms with Gasteiger partial charge in [0.2, 0.25) is 0 Å². The normalized spacial score (nSPS) is 19.7. The Kier molecular flexibility index (Phi) is 2.79. The van der Waals surface area contributed by atoms with Gasteiger partial charge >= 0.3 is 12.0 Å². The van der Waals surface area contributed by atoms with Crippen LogP contribution < -0.4 is 5.32 Å². The van der Waals surface area contributed by atoms with Crippen molar-refractivity contribution in [2.24, 2.45) is 5.92 Å². The van der Waals surface area contributed by atoms with Crippen LogP contribution in [0, 0.1) is 5.92 Å². The average Bonchev–Trinajstić information content (AvgIpc) is 3.02. The van der Waals surface area contributed by atoms with Crippen LogP contribution in [0.3, 0.4) is 0 Å². The quantitative estimate of drug-likeness (QED) is 0.703. The lowest BCUT2D eigenvalue weighted by Crippen LogP contribution is -2.44. The SMILES string of the molecule is O=C(O)CN(C(=O)NCC1CC1)C1CC1. The molecule has 0 spiro atoms. The molecule has 2 aliphatic rings. The molecule has 0 unspecified atom stereocenters. The van der Waals surface area contributed by atoms with Crippen LogP contribution in [0.1, 0.15) is 25.7 Å². The average molecular weight is 212 g/mol. The smallest absolute Gasteiger partial charge is 0.323 e. The number of hydrogen-bond donors (Lipinski definition) is 2. The third-order valence-electron chi connectivity index (χ3n) is 2.79. The largest absolute Gasteiger partial charge is 0.480 e. The fourth-order valence-electron chi connectivity index (χ4n) is 1.55. The Bertz CT molecular complexity index is 272. The second-order valence-electron chi connectivity index (χ2n) is 4.38. The van der Waals surface area contributed by atoms with Gasteiger partial charge in [-0.15, -0.1) is 0 Å². The molecular formula is C10H16N2O3. The molecule has 2 amide bonds. The second kappa shape index (κ2) is 4.08. The summed E-state index contributed by atoms with van der Waals surface area (Å²) < 4.78 is 0. The zero-order valence-corrected chi connectivity index (χ0v) is 8.61. The monoisotopic (exact) mass is 212 g/mol. The molecule has 0 radical (unpaired) electrons. The van der Waals surface area contributed by atoms with E-state index in [1.807, 2.05) is 0 Å². The predicted octanol–water partition coefficient (Wildman–Crippen LogP) is 0.655. The Balaban J connectivity index is 1.79. The summed E-state index contributed by atoms with van der Waals surface area (Å²) in [7, 11) is 0. The van der Waals surface area contributed by atoms with Crippen molar-refractivity contribution in [3.05, 3.63) is 0 Å². The lowest BCUT2D eigenvalue weighted by atomic mass is 10.4. The first-order chi connectivity index (χ1) is 7.16. The Morgan fingerprint density at radius 1 is 1.27 bits per heavy atom. The van der Waals surface area contributed by atoms with Crippen LogP contribution in [0.2, 0.25) is 0 Å². The Morgan fingerprint density at radius 2 is 1.93 bits per heavy atom. The highest BCUT2D eigenvalue weighted by Gasteiger charge is 2.34. The van der Waals surface area contributed by atoms with E-state index in [0.29, 0.717) is 12.5 Å². The number of hydrogen-bond acceptors (Lipinski definition) is 2. The maximum atomic E-state index is 11.6. The first kappa shape index (κ1) is 10.3. The number of rotatable bonds is 5. The minimum Gasteiger partial charge on any atom is -0.480 e. The molecule has 2 saturated carbocycles. The molecular weight excluding hydrogens is 196 g/mol. The van der Waals surface area contributed by atoms with Crippen molar-refractivity contribution >= 4 is 12.0 Å². The molecule has 2 rings (SSSR count). The maximum absolute atomic E-state index is 11.6. The molecule has 2 fully saturated rings. The van der Waals surface area contributed by atoms with Gasteiger partial charge in [-0.1, -0.05) is 0 Å². The van der Waals surface area contributed by atoms with Crippen molar-refractivity contribution in [2.45, 2.75) is 31.7 Å². The van der Waals surface area contributed by atoms with Crippen LogP contribution in [-0.2, 0) is 4.79 Å². The summed E-state index contributed by atoms with van der Waals surface area (Å²) in [5.41, 5.74) is 0. The molecule has 0 heterocycles. The number of carbonyl (C=O) groups excluding carboxylic acids is 1. The summed E-state index contributed by atoms with van der Waals surface area (Å²) >= 11 is 0. The van der Waals surface area contributed by atoms with Gasteiger partial charge in [-0.3, -0.25) is 4.79 Å². The molecule has 2 N–H and O–H groups in total. The van der Waals surface area contributed by atoms with E-state index in [-0.39, 0.29) is 18.6 Å².